The molecule has 0 aliphatic heterocycles. The summed E-state index contributed by atoms with van der Waals surface area (Å²) in [4.78, 5) is 40.3. The monoisotopic (exact) mass is 544 g/mol. The Bertz CT molecular complexity index is 1200. The molecule has 3 rings (SSSR count). The summed E-state index contributed by atoms with van der Waals surface area (Å²) < 4.78 is 0. The van der Waals surface area contributed by atoms with Crippen LogP contribution in [0.2, 0.25) is 0 Å². The van der Waals surface area contributed by atoms with Gasteiger partial charge in [-0.2, -0.15) is 0 Å². The molecule has 40 heavy (non-hydrogen) atoms. The number of nitrogens with two attached hydrogens (primary N) is 3. The zero-order valence-corrected chi connectivity index (χ0v) is 22.8. The summed E-state index contributed by atoms with van der Waals surface area (Å²) >= 11 is 0. The van der Waals surface area contributed by atoms with Crippen LogP contribution in [0.4, 0.5) is 0 Å². The fraction of sp³-hybridized carbons (Fsp3) is 0.323. The number of hydrogen-bond acceptors (Lipinski definition) is 6. The van der Waals surface area contributed by atoms with Gasteiger partial charge in [-0.1, -0.05) is 84.9 Å². The first-order valence-electron chi connectivity index (χ1n) is 13.6. The molecule has 2 unspecified atom stereocenters. The third-order valence-corrected chi connectivity index (χ3v) is 6.61. The summed E-state index contributed by atoms with van der Waals surface area (Å²) in [5.74, 6) is -1.18. The minimum atomic E-state index is -1.11. The molecule has 0 bridgehead atoms. The normalized spacial score (nSPS) is 12.3. The van der Waals surface area contributed by atoms with E-state index in [9.17, 15) is 14.4 Å². The molecule has 0 saturated carbocycles. The van der Waals surface area contributed by atoms with Crippen LogP contribution >= 0.6 is 0 Å². The summed E-state index contributed by atoms with van der Waals surface area (Å²) in [7, 11) is 0. The van der Waals surface area contributed by atoms with E-state index in [2.05, 4.69) is 10.6 Å². The van der Waals surface area contributed by atoms with Crippen LogP contribution in [0.25, 0.3) is 11.1 Å². The maximum absolute atomic E-state index is 13.2. The Morgan fingerprint density at radius 3 is 1.90 bits per heavy atom. The highest BCUT2D eigenvalue weighted by molar-refractivity contribution is 5.92. The van der Waals surface area contributed by atoms with Gasteiger partial charge in [-0.25, -0.2) is 0 Å². The van der Waals surface area contributed by atoms with Crippen molar-refractivity contribution in [3.05, 3.63) is 96.1 Å². The lowest BCUT2D eigenvalue weighted by Gasteiger charge is -2.24. The van der Waals surface area contributed by atoms with Gasteiger partial charge in [0.1, 0.15) is 6.04 Å². The van der Waals surface area contributed by atoms with Crippen LogP contribution < -0.4 is 27.8 Å². The van der Waals surface area contributed by atoms with Crippen LogP contribution in [0, 0.1) is 0 Å². The number of carbonyl (C=O) groups is 3. The lowest BCUT2D eigenvalue weighted by atomic mass is 10.0. The van der Waals surface area contributed by atoms with E-state index < -0.39 is 18.0 Å². The van der Waals surface area contributed by atoms with Gasteiger partial charge in [0, 0.05) is 32.7 Å². The van der Waals surface area contributed by atoms with Crippen molar-refractivity contribution in [1.29, 1.82) is 0 Å². The van der Waals surface area contributed by atoms with E-state index in [0.717, 1.165) is 22.3 Å². The summed E-state index contributed by atoms with van der Waals surface area (Å²) in [5.41, 5.74) is 21.4. The second-order valence-corrected chi connectivity index (χ2v) is 9.63. The molecule has 9 nitrogen and oxygen atoms in total. The zero-order valence-electron chi connectivity index (χ0n) is 22.8. The van der Waals surface area contributed by atoms with Crippen molar-refractivity contribution in [2.45, 2.75) is 37.9 Å². The van der Waals surface area contributed by atoms with E-state index >= 15 is 0 Å². The Morgan fingerprint density at radius 2 is 1.30 bits per heavy atom. The largest absolute Gasteiger partial charge is 0.350 e. The van der Waals surface area contributed by atoms with E-state index in [-0.39, 0.29) is 31.3 Å². The molecule has 3 amide bonds. The molecule has 0 saturated heterocycles. The molecule has 2 atom stereocenters. The molecule has 0 fully saturated rings. The van der Waals surface area contributed by atoms with Crippen LogP contribution in [-0.2, 0) is 27.3 Å². The lowest BCUT2D eigenvalue weighted by molar-refractivity contribution is -0.135. The number of aryl methyl sites for hydroxylation is 1. The maximum Gasteiger partial charge on any atom is 0.242 e. The number of carbonyl (C=O) groups excluding carboxylic acids is 3. The predicted octanol–water partition coefficient (Wildman–Crippen LogP) is 1.55. The predicted molar refractivity (Wildman–Crippen MR) is 158 cm³/mol. The molecule has 0 aliphatic carbocycles. The van der Waals surface area contributed by atoms with Gasteiger partial charge in [-0.05, 0) is 35.1 Å². The van der Waals surface area contributed by atoms with Crippen LogP contribution in [0.3, 0.4) is 0 Å². The highest BCUT2D eigenvalue weighted by Gasteiger charge is 2.26. The quantitative estimate of drug-likeness (QED) is 0.195. The summed E-state index contributed by atoms with van der Waals surface area (Å²) in [5, 5.41) is 5.70. The molecule has 0 radical (unpaired) electrons. The SMILES string of the molecule is NCCN(CCN)C(=O)CC(N)C(=O)NC(CCc1ccccc1)C(=O)NCc1ccc(-c2ccccc2)cc1. The van der Waals surface area contributed by atoms with Crippen molar-refractivity contribution in [3.8, 4) is 11.1 Å². The van der Waals surface area contributed by atoms with Gasteiger partial charge in [-0.15, -0.1) is 0 Å². The maximum atomic E-state index is 13.2. The molecule has 3 aromatic rings. The smallest absolute Gasteiger partial charge is 0.242 e. The van der Waals surface area contributed by atoms with Crippen LogP contribution in [0.1, 0.15) is 24.0 Å². The molecule has 212 valence electrons. The van der Waals surface area contributed by atoms with Crippen LogP contribution in [0.5, 0.6) is 0 Å². The number of rotatable bonds is 15. The fourth-order valence-corrected chi connectivity index (χ4v) is 4.34. The van der Waals surface area contributed by atoms with Gasteiger partial charge in [0.2, 0.25) is 17.7 Å². The molecule has 0 aliphatic rings. The molecule has 0 heterocycles. The number of nitrogens with zero attached hydrogens (tertiary/aromatic N) is 1. The molecule has 0 spiro atoms. The lowest BCUT2D eigenvalue weighted by Crippen LogP contribution is -2.53. The first-order chi connectivity index (χ1) is 19.4. The van der Waals surface area contributed by atoms with Crippen molar-refractivity contribution in [3.63, 3.8) is 0 Å². The highest BCUT2D eigenvalue weighted by Crippen LogP contribution is 2.19. The fourth-order valence-electron chi connectivity index (χ4n) is 4.34. The van der Waals surface area contributed by atoms with Crippen LogP contribution in [-0.4, -0.2) is 60.9 Å². The van der Waals surface area contributed by atoms with Crippen molar-refractivity contribution < 1.29 is 14.4 Å². The summed E-state index contributed by atoms with van der Waals surface area (Å²) in [6, 6.07) is 25.8. The Hall–Kier alpha value is -4.05. The first kappa shape index (κ1) is 30.5. The number of amides is 3. The average molecular weight is 545 g/mol. The highest BCUT2D eigenvalue weighted by atomic mass is 16.2. The number of benzene rings is 3. The minimum Gasteiger partial charge on any atom is -0.350 e. The van der Waals surface area contributed by atoms with Gasteiger partial charge in [0.15, 0.2) is 0 Å². The van der Waals surface area contributed by atoms with Gasteiger partial charge in [0.05, 0.1) is 12.5 Å². The minimum absolute atomic E-state index is 0.202. The molecular formula is C31H40N6O3. The van der Waals surface area contributed by atoms with Gasteiger partial charge >= 0.3 is 0 Å². The van der Waals surface area contributed by atoms with Gasteiger partial charge in [-0.3, -0.25) is 14.4 Å². The van der Waals surface area contributed by atoms with Gasteiger partial charge in [0.25, 0.3) is 0 Å². The number of nitrogens with one attached hydrogen (secondary N) is 2. The van der Waals surface area contributed by atoms with E-state index in [0.29, 0.717) is 32.5 Å². The summed E-state index contributed by atoms with van der Waals surface area (Å²) in [6.45, 7) is 1.54. The van der Waals surface area contributed by atoms with E-state index in [1.54, 1.807) is 0 Å². The summed E-state index contributed by atoms with van der Waals surface area (Å²) in [6.07, 6.45) is 0.758. The Balaban J connectivity index is 1.62. The van der Waals surface area contributed by atoms with E-state index in [1.165, 1.54) is 4.90 Å². The third kappa shape index (κ3) is 9.60. The van der Waals surface area contributed by atoms with Crippen LogP contribution in [0.15, 0.2) is 84.9 Å². The second kappa shape index (κ2) is 16.1. The number of hydrogen-bond donors (Lipinski definition) is 5. The van der Waals surface area contributed by atoms with Crippen molar-refractivity contribution in [2.75, 3.05) is 26.2 Å². The molecular weight excluding hydrogens is 504 g/mol. The third-order valence-electron chi connectivity index (χ3n) is 6.61. The molecule has 0 aromatic heterocycles. The topological polar surface area (TPSA) is 157 Å². The second-order valence-electron chi connectivity index (χ2n) is 9.63. The Labute approximate surface area is 236 Å². The van der Waals surface area contributed by atoms with Crippen molar-refractivity contribution in [2.24, 2.45) is 17.2 Å². The van der Waals surface area contributed by atoms with Crippen molar-refractivity contribution in [1.82, 2.24) is 15.5 Å². The standard InChI is InChI=1S/C31H40N6O3/c32-17-19-37(20-18-33)29(38)21-27(34)30(39)36-28(16-13-23-7-3-1-4-8-23)31(40)35-22-24-11-14-26(15-12-24)25-9-5-2-6-10-25/h1-12,14-15,27-28H,13,16-22,32-34H2,(H,35,40)(H,36,39). The van der Waals surface area contributed by atoms with Gasteiger partial charge < -0.3 is 32.7 Å². The van der Waals surface area contributed by atoms with E-state index in [1.807, 2.05) is 84.9 Å². The Morgan fingerprint density at radius 1 is 0.725 bits per heavy atom. The molecule has 3 aromatic carbocycles. The average Bonchev–Trinajstić information content (AvgIpc) is 2.99. The van der Waals surface area contributed by atoms with Crippen molar-refractivity contribution >= 4 is 17.7 Å². The first-order valence-corrected chi connectivity index (χ1v) is 13.6. The van der Waals surface area contributed by atoms with E-state index in [4.69, 9.17) is 17.2 Å². The Kier molecular flexibility index (Phi) is 12.3. The zero-order chi connectivity index (χ0) is 28.7. The molecule has 8 N–H and O–H groups in total. The molecule has 9 heteroatoms.